The van der Waals surface area contributed by atoms with Gasteiger partial charge in [-0.05, 0) is 56.7 Å². The number of hydrogen-bond acceptors (Lipinski definition) is 10. The van der Waals surface area contributed by atoms with Crippen LogP contribution < -0.4 is 20.9 Å². The third kappa shape index (κ3) is 5.99. The minimum atomic E-state index is -3.90. The van der Waals surface area contributed by atoms with E-state index >= 15 is 0 Å². The van der Waals surface area contributed by atoms with Gasteiger partial charge in [0.25, 0.3) is 15.6 Å². The van der Waals surface area contributed by atoms with Crippen LogP contribution in [0.3, 0.4) is 0 Å². The van der Waals surface area contributed by atoms with Gasteiger partial charge in [-0.15, -0.1) is 0 Å². The second kappa shape index (κ2) is 10.5. The molecule has 198 valence electrons. The topological polar surface area (TPSA) is 168 Å². The highest BCUT2D eigenvalue weighted by Crippen LogP contribution is 2.21. The predicted octanol–water partition coefficient (Wildman–Crippen LogP) is 3.58. The van der Waals surface area contributed by atoms with Crippen molar-refractivity contribution in [2.45, 2.75) is 32.2 Å². The molecule has 0 saturated heterocycles. The molecule has 5 aromatic rings. The van der Waals surface area contributed by atoms with Crippen molar-refractivity contribution in [2.75, 3.05) is 15.4 Å². The number of hydrogen-bond donors (Lipinski definition) is 4. The molecule has 5 rings (SSSR count). The van der Waals surface area contributed by atoms with E-state index in [9.17, 15) is 13.2 Å². The molecule has 0 aliphatic rings. The maximum Gasteiger partial charge on any atom is 0.264 e. The van der Waals surface area contributed by atoms with Crippen molar-refractivity contribution in [3.63, 3.8) is 0 Å². The first-order valence-corrected chi connectivity index (χ1v) is 13.4. The number of benzene rings is 2. The Morgan fingerprint density at radius 1 is 0.821 bits per heavy atom. The molecular formula is C26H25N9O3S. The first kappa shape index (κ1) is 25.7. The molecule has 2 aromatic carbocycles. The molecule has 0 radical (unpaired) electrons. The molecule has 39 heavy (non-hydrogen) atoms. The average molecular weight is 544 g/mol. The Balaban J connectivity index is 1.35. The van der Waals surface area contributed by atoms with Gasteiger partial charge in [0.1, 0.15) is 5.39 Å². The van der Waals surface area contributed by atoms with Gasteiger partial charge in [-0.25, -0.2) is 28.1 Å². The summed E-state index contributed by atoms with van der Waals surface area (Å²) < 4.78 is 28.0. The van der Waals surface area contributed by atoms with Crippen molar-refractivity contribution in [2.24, 2.45) is 0 Å². The van der Waals surface area contributed by atoms with Crippen molar-refractivity contribution >= 4 is 44.6 Å². The van der Waals surface area contributed by atoms with E-state index in [4.69, 9.17) is 0 Å². The number of aromatic amines is 1. The number of fused-ring (bicyclic) bond motifs is 1. The van der Waals surface area contributed by atoms with Gasteiger partial charge in [0.05, 0.1) is 10.6 Å². The summed E-state index contributed by atoms with van der Waals surface area (Å²) >= 11 is 0. The number of aromatic nitrogens is 6. The number of anilines is 4. The third-order valence-corrected chi connectivity index (χ3v) is 7.02. The lowest BCUT2D eigenvalue weighted by molar-refractivity contribution is 0.601. The second-order valence-electron chi connectivity index (χ2n) is 8.81. The van der Waals surface area contributed by atoms with E-state index in [2.05, 4.69) is 45.3 Å². The summed E-state index contributed by atoms with van der Waals surface area (Å²) in [5.74, 6) is 0.509. The number of H-pyrrole nitrogens is 1. The Hall–Kier alpha value is -4.91. The summed E-state index contributed by atoms with van der Waals surface area (Å²) in [5, 5.41) is 6.43. The minimum Gasteiger partial charge on any atom is -0.352 e. The molecule has 0 spiro atoms. The lowest BCUT2D eigenvalue weighted by Crippen LogP contribution is -2.16. The molecule has 0 aliphatic carbocycles. The van der Waals surface area contributed by atoms with Crippen LogP contribution in [0, 0.1) is 20.8 Å². The van der Waals surface area contributed by atoms with Gasteiger partial charge >= 0.3 is 0 Å². The molecule has 3 heterocycles. The van der Waals surface area contributed by atoms with Gasteiger partial charge in [0, 0.05) is 23.6 Å². The number of aryl methyl sites for hydroxylation is 3. The van der Waals surface area contributed by atoms with Crippen molar-refractivity contribution in [1.82, 2.24) is 29.9 Å². The lowest BCUT2D eigenvalue weighted by Gasteiger charge is -2.11. The summed E-state index contributed by atoms with van der Waals surface area (Å²) in [6, 6.07) is 17.5. The normalized spacial score (nSPS) is 11.4. The SMILES string of the molecule is Cc1cc(C)nc(NS(=O)(=O)c2ccc(Nc3nc(C)c4c(=O)[nH]c(NCc5ccccc5)nc4n3)cc2)n1. The first-order valence-electron chi connectivity index (χ1n) is 11.9. The van der Waals surface area contributed by atoms with Gasteiger partial charge in [0.2, 0.25) is 17.8 Å². The largest absolute Gasteiger partial charge is 0.352 e. The summed E-state index contributed by atoms with van der Waals surface area (Å²) in [4.78, 5) is 36.9. The van der Waals surface area contributed by atoms with E-state index in [1.54, 1.807) is 39.0 Å². The first-order chi connectivity index (χ1) is 18.7. The number of nitrogens with zero attached hydrogens (tertiary/aromatic N) is 5. The standard InChI is InChI=1S/C26H25N9O3S/c1-15-13-16(2)29-26(28-15)35-39(37,38)20-11-9-19(10-12-20)31-25-30-17(3)21-22(33-25)32-24(34-23(21)36)27-14-18-7-5-4-6-8-18/h4-13H,14H2,1-3H3,(H,28,29,35)(H3,27,30,31,32,33,34,36). The maximum atomic E-state index is 12.8. The second-order valence-corrected chi connectivity index (χ2v) is 10.5. The van der Waals surface area contributed by atoms with Crippen LogP contribution in [0.1, 0.15) is 22.6 Å². The maximum absolute atomic E-state index is 12.8. The highest BCUT2D eigenvalue weighted by Gasteiger charge is 2.17. The van der Waals surface area contributed by atoms with E-state index < -0.39 is 10.0 Å². The molecule has 0 unspecified atom stereocenters. The van der Waals surface area contributed by atoms with E-state index in [0.29, 0.717) is 29.3 Å². The molecular weight excluding hydrogens is 518 g/mol. The van der Waals surface area contributed by atoms with Crippen LogP contribution in [0.2, 0.25) is 0 Å². The summed E-state index contributed by atoms with van der Waals surface area (Å²) in [6.07, 6.45) is 0. The van der Waals surface area contributed by atoms with Gasteiger partial charge < -0.3 is 10.6 Å². The van der Waals surface area contributed by atoms with E-state index in [1.807, 2.05) is 30.3 Å². The van der Waals surface area contributed by atoms with Gasteiger partial charge in [-0.3, -0.25) is 9.78 Å². The Bertz CT molecular complexity index is 1800. The number of nitrogens with one attached hydrogen (secondary N) is 4. The Labute approximate surface area is 224 Å². The smallest absolute Gasteiger partial charge is 0.264 e. The number of sulfonamides is 1. The van der Waals surface area contributed by atoms with Crippen LogP contribution in [-0.4, -0.2) is 38.3 Å². The Morgan fingerprint density at radius 2 is 1.51 bits per heavy atom. The van der Waals surface area contributed by atoms with E-state index in [0.717, 1.165) is 5.56 Å². The van der Waals surface area contributed by atoms with Crippen LogP contribution in [0.15, 0.2) is 70.4 Å². The Morgan fingerprint density at radius 3 is 2.21 bits per heavy atom. The molecule has 4 N–H and O–H groups in total. The zero-order valence-electron chi connectivity index (χ0n) is 21.3. The fraction of sp³-hybridized carbons (Fsp3) is 0.154. The molecule has 0 bridgehead atoms. The summed E-state index contributed by atoms with van der Waals surface area (Å²) in [5.41, 5.74) is 3.20. The molecule has 12 nitrogen and oxygen atoms in total. The predicted molar refractivity (Wildman–Crippen MR) is 148 cm³/mol. The lowest BCUT2D eigenvalue weighted by atomic mass is 10.2. The molecule has 0 fully saturated rings. The molecule has 3 aromatic heterocycles. The van der Waals surface area contributed by atoms with Gasteiger partial charge in [-0.2, -0.15) is 9.97 Å². The summed E-state index contributed by atoms with van der Waals surface area (Å²) in [6.45, 7) is 5.69. The number of rotatable bonds is 8. The molecule has 0 aliphatic heterocycles. The minimum absolute atomic E-state index is 0.00913. The zero-order valence-corrected chi connectivity index (χ0v) is 22.2. The molecule has 0 atom stereocenters. The average Bonchev–Trinajstić information content (AvgIpc) is 2.87. The molecule has 13 heteroatoms. The van der Waals surface area contributed by atoms with Crippen LogP contribution in [-0.2, 0) is 16.6 Å². The van der Waals surface area contributed by atoms with Crippen LogP contribution in [0.25, 0.3) is 11.0 Å². The third-order valence-electron chi connectivity index (χ3n) is 5.68. The Kier molecular flexibility index (Phi) is 6.90. The fourth-order valence-electron chi connectivity index (χ4n) is 3.93. The highest BCUT2D eigenvalue weighted by molar-refractivity contribution is 7.92. The zero-order chi connectivity index (χ0) is 27.6. The fourth-order valence-corrected chi connectivity index (χ4v) is 4.87. The van der Waals surface area contributed by atoms with E-state index in [1.165, 1.54) is 12.1 Å². The molecule has 0 saturated carbocycles. The van der Waals surface area contributed by atoms with Crippen LogP contribution in [0.5, 0.6) is 0 Å². The van der Waals surface area contributed by atoms with Crippen molar-refractivity contribution in [1.29, 1.82) is 0 Å². The van der Waals surface area contributed by atoms with Crippen molar-refractivity contribution < 1.29 is 8.42 Å². The molecule has 0 amide bonds. The van der Waals surface area contributed by atoms with Gasteiger partial charge in [0.15, 0.2) is 5.65 Å². The van der Waals surface area contributed by atoms with Crippen LogP contribution in [0.4, 0.5) is 23.5 Å². The van der Waals surface area contributed by atoms with Crippen LogP contribution >= 0.6 is 0 Å². The van der Waals surface area contributed by atoms with E-state index in [-0.39, 0.29) is 39.3 Å². The quantitative estimate of drug-likeness (QED) is 0.227. The van der Waals surface area contributed by atoms with Gasteiger partial charge in [-0.1, -0.05) is 30.3 Å². The summed E-state index contributed by atoms with van der Waals surface area (Å²) in [7, 11) is -3.90. The highest BCUT2D eigenvalue weighted by atomic mass is 32.2. The van der Waals surface area contributed by atoms with Crippen molar-refractivity contribution in [3.05, 3.63) is 93.7 Å². The monoisotopic (exact) mass is 543 g/mol. The van der Waals surface area contributed by atoms with Crippen molar-refractivity contribution in [3.8, 4) is 0 Å².